The zero-order chi connectivity index (χ0) is 17.3. The molecule has 0 bridgehead atoms. The summed E-state index contributed by atoms with van der Waals surface area (Å²) in [6, 6.07) is 0.252. The van der Waals surface area contributed by atoms with E-state index in [2.05, 4.69) is 4.98 Å². The quantitative estimate of drug-likeness (QED) is 0.882. The van der Waals surface area contributed by atoms with Crippen LogP contribution in [0.2, 0.25) is 0 Å². The summed E-state index contributed by atoms with van der Waals surface area (Å²) in [5.74, 6) is 0.754. The molecule has 2 aliphatic rings. The van der Waals surface area contributed by atoms with Gasteiger partial charge in [0.15, 0.2) is 0 Å². The zero-order valence-electron chi connectivity index (χ0n) is 14.5. The minimum atomic E-state index is 0.157. The summed E-state index contributed by atoms with van der Waals surface area (Å²) < 4.78 is 0. The number of carbonyl (C=O) groups is 2. The number of carbonyl (C=O) groups excluding carboxylic acids is 2. The highest BCUT2D eigenvalue weighted by Gasteiger charge is 2.39. The van der Waals surface area contributed by atoms with Gasteiger partial charge in [-0.2, -0.15) is 0 Å². The van der Waals surface area contributed by atoms with Gasteiger partial charge in [-0.1, -0.05) is 0 Å². The van der Waals surface area contributed by atoms with E-state index < -0.39 is 0 Å². The molecule has 3 heterocycles. The predicted molar refractivity (Wildman–Crippen MR) is 93.8 cm³/mol. The smallest absolute Gasteiger partial charge is 0.228 e. The molecule has 7 heteroatoms. The minimum absolute atomic E-state index is 0.157. The second-order valence-electron chi connectivity index (χ2n) is 6.78. The molecule has 0 aromatic carbocycles. The average Bonchev–Trinajstić information content (AvgIpc) is 2.87. The van der Waals surface area contributed by atoms with Crippen LogP contribution in [0.1, 0.15) is 34.8 Å². The fraction of sp³-hybridized carbons (Fsp3) is 0.706. The van der Waals surface area contributed by atoms with Crippen LogP contribution in [0.3, 0.4) is 0 Å². The molecule has 0 saturated carbocycles. The predicted octanol–water partition coefficient (Wildman–Crippen LogP) is 1.10. The van der Waals surface area contributed by atoms with Crippen molar-refractivity contribution in [3.8, 4) is 0 Å². The van der Waals surface area contributed by atoms with Crippen LogP contribution < -0.4 is 5.73 Å². The molecule has 2 saturated heterocycles. The molecular weight excluding hydrogens is 324 g/mol. The van der Waals surface area contributed by atoms with Gasteiger partial charge in [0.1, 0.15) is 0 Å². The molecular formula is C17H26N4O2S. The summed E-state index contributed by atoms with van der Waals surface area (Å²) in [7, 11) is 0. The SMILES string of the molecule is Cc1nc(CC(=O)N2CCC3C(CCC(=O)N3CCN)C2)c(C)s1. The van der Waals surface area contributed by atoms with Crippen molar-refractivity contribution in [1.29, 1.82) is 0 Å². The van der Waals surface area contributed by atoms with Gasteiger partial charge in [0, 0.05) is 43.5 Å². The topological polar surface area (TPSA) is 79.5 Å². The Morgan fingerprint density at radius 3 is 2.83 bits per heavy atom. The number of thiazole rings is 1. The normalized spacial score (nSPS) is 24.2. The third-order valence-corrected chi connectivity index (χ3v) is 6.11. The summed E-state index contributed by atoms with van der Waals surface area (Å²) in [6.45, 7) is 6.60. The van der Waals surface area contributed by atoms with E-state index in [0.29, 0.717) is 31.8 Å². The second kappa shape index (κ2) is 7.19. The molecule has 0 radical (unpaired) electrons. The van der Waals surface area contributed by atoms with Crippen molar-refractivity contribution >= 4 is 23.2 Å². The van der Waals surface area contributed by atoms with E-state index in [1.807, 2.05) is 23.6 Å². The maximum Gasteiger partial charge on any atom is 0.228 e. The first-order valence-corrected chi connectivity index (χ1v) is 9.51. The van der Waals surface area contributed by atoms with Crippen molar-refractivity contribution in [2.24, 2.45) is 11.7 Å². The Morgan fingerprint density at radius 2 is 2.17 bits per heavy atom. The van der Waals surface area contributed by atoms with Crippen molar-refractivity contribution in [2.45, 2.75) is 45.6 Å². The number of piperidine rings is 2. The van der Waals surface area contributed by atoms with Gasteiger partial charge in [-0.05, 0) is 32.6 Å². The molecule has 132 valence electrons. The summed E-state index contributed by atoms with van der Waals surface area (Å²) in [5.41, 5.74) is 6.57. The lowest BCUT2D eigenvalue weighted by molar-refractivity contribution is -0.143. The van der Waals surface area contributed by atoms with Crippen LogP contribution in [0, 0.1) is 19.8 Å². The Balaban J connectivity index is 1.63. The number of amides is 2. The Bertz CT molecular complexity index is 630. The van der Waals surface area contributed by atoms with E-state index in [1.165, 1.54) is 0 Å². The standard InChI is InChI=1S/C17H26N4O2S/c1-11-14(19-12(2)24-11)9-17(23)20-7-5-15-13(10-20)3-4-16(22)21(15)8-6-18/h13,15H,3-10,18H2,1-2H3. The number of rotatable bonds is 4. The maximum absolute atomic E-state index is 12.7. The molecule has 6 nitrogen and oxygen atoms in total. The molecule has 24 heavy (non-hydrogen) atoms. The Hall–Kier alpha value is -1.47. The Kier molecular flexibility index (Phi) is 5.20. The molecule has 0 spiro atoms. The van der Waals surface area contributed by atoms with Gasteiger partial charge in [0.05, 0.1) is 17.1 Å². The van der Waals surface area contributed by atoms with Gasteiger partial charge in [-0.15, -0.1) is 11.3 Å². The van der Waals surface area contributed by atoms with Gasteiger partial charge in [0.2, 0.25) is 11.8 Å². The number of aromatic nitrogens is 1. The van der Waals surface area contributed by atoms with Gasteiger partial charge >= 0.3 is 0 Å². The summed E-state index contributed by atoms with van der Waals surface area (Å²) in [5, 5.41) is 1.01. The van der Waals surface area contributed by atoms with Crippen molar-refractivity contribution in [2.75, 3.05) is 26.2 Å². The number of fused-ring (bicyclic) bond motifs is 1. The number of nitrogens with zero attached hydrogens (tertiary/aromatic N) is 3. The number of likely N-dealkylation sites (tertiary alicyclic amines) is 2. The van der Waals surface area contributed by atoms with Crippen LogP contribution in [0.25, 0.3) is 0 Å². The van der Waals surface area contributed by atoms with E-state index in [0.717, 1.165) is 41.5 Å². The first kappa shape index (κ1) is 17.4. The van der Waals surface area contributed by atoms with Crippen LogP contribution in [-0.4, -0.2) is 58.8 Å². The van der Waals surface area contributed by atoms with Gasteiger partial charge in [0.25, 0.3) is 0 Å². The summed E-state index contributed by atoms with van der Waals surface area (Å²) >= 11 is 1.64. The summed E-state index contributed by atoms with van der Waals surface area (Å²) in [6.07, 6.45) is 2.70. The lowest BCUT2D eigenvalue weighted by Crippen LogP contribution is -2.57. The number of hydrogen-bond acceptors (Lipinski definition) is 5. The third-order valence-electron chi connectivity index (χ3n) is 5.18. The van der Waals surface area contributed by atoms with E-state index >= 15 is 0 Å². The largest absolute Gasteiger partial charge is 0.342 e. The molecule has 2 amide bonds. The van der Waals surface area contributed by atoms with E-state index in [1.54, 1.807) is 11.3 Å². The van der Waals surface area contributed by atoms with Crippen molar-refractivity contribution in [3.63, 3.8) is 0 Å². The number of aryl methyl sites for hydroxylation is 2. The third kappa shape index (κ3) is 3.47. The first-order valence-electron chi connectivity index (χ1n) is 8.69. The fourth-order valence-electron chi connectivity index (χ4n) is 4.00. The molecule has 2 atom stereocenters. The van der Waals surface area contributed by atoms with Gasteiger partial charge in [-0.3, -0.25) is 9.59 Å². The Labute approximate surface area is 147 Å². The van der Waals surface area contributed by atoms with Gasteiger partial charge < -0.3 is 15.5 Å². The number of nitrogens with two attached hydrogens (primary N) is 1. The van der Waals surface area contributed by atoms with Crippen LogP contribution in [-0.2, 0) is 16.0 Å². The van der Waals surface area contributed by atoms with Crippen LogP contribution in [0.15, 0.2) is 0 Å². The highest BCUT2D eigenvalue weighted by molar-refractivity contribution is 7.11. The highest BCUT2D eigenvalue weighted by Crippen LogP contribution is 2.31. The Morgan fingerprint density at radius 1 is 1.38 bits per heavy atom. The lowest BCUT2D eigenvalue weighted by atomic mass is 9.83. The van der Waals surface area contributed by atoms with E-state index in [4.69, 9.17) is 5.73 Å². The van der Waals surface area contributed by atoms with Gasteiger partial charge in [-0.25, -0.2) is 4.98 Å². The molecule has 1 aromatic heterocycles. The molecule has 0 aliphatic carbocycles. The number of hydrogen-bond donors (Lipinski definition) is 1. The monoisotopic (exact) mass is 350 g/mol. The molecule has 2 N–H and O–H groups in total. The molecule has 2 fully saturated rings. The average molecular weight is 350 g/mol. The lowest BCUT2D eigenvalue weighted by Gasteiger charge is -2.47. The van der Waals surface area contributed by atoms with Crippen molar-refractivity contribution in [1.82, 2.24) is 14.8 Å². The molecule has 2 aliphatic heterocycles. The minimum Gasteiger partial charge on any atom is -0.342 e. The van der Waals surface area contributed by atoms with Crippen molar-refractivity contribution in [3.05, 3.63) is 15.6 Å². The fourth-order valence-corrected chi connectivity index (χ4v) is 4.83. The van der Waals surface area contributed by atoms with E-state index in [-0.39, 0.29) is 17.9 Å². The van der Waals surface area contributed by atoms with Crippen LogP contribution >= 0.6 is 11.3 Å². The van der Waals surface area contributed by atoms with Crippen LogP contribution in [0.5, 0.6) is 0 Å². The van der Waals surface area contributed by atoms with Crippen molar-refractivity contribution < 1.29 is 9.59 Å². The molecule has 2 unspecified atom stereocenters. The highest BCUT2D eigenvalue weighted by atomic mass is 32.1. The zero-order valence-corrected chi connectivity index (χ0v) is 15.3. The summed E-state index contributed by atoms with van der Waals surface area (Å²) in [4.78, 5) is 34.3. The first-order chi connectivity index (χ1) is 11.5. The van der Waals surface area contributed by atoms with Crippen LogP contribution in [0.4, 0.5) is 0 Å². The maximum atomic E-state index is 12.7. The van der Waals surface area contributed by atoms with E-state index in [9.17, 15) is 9.59 Å². The second-order valence-corrected chi connectivity index (χ2v) is 8.19. The molecule has 1 aromatic rings. The molecule has 3 rings (SSSR count).